The second kappa shape index (κ2) is 10.5. The highest BCUT2D eigenvalue weighted by atomic mass is 19.1. The first-order chi connectivity index (χ1) is 17.1. The predicted octanol–water partition coefficient (Wildman–Crippen LogP) is 5.13. The van der Waals surface area contributed by atoms with Gasteiger partial charge in [0.2, 0.25) is 5.91 Å². The molecule has 35 heavy (non-hydrogen) atoms. The lowest BCUT2D eigenvalue weighted by Gasteiger charge is -2.15. The van der Waals surface area contributed by atoms with Crippen molar-refractivity contribution in [3.63, 3.8) is 0 Å². The highest BCUT2D eigenvalue weighted by Gasteiger charge is 2.15. The minimum atomic E-state index is -0.281. The van der Waals surface area contributed by atoms with Crippen LogP contribution < -0.4 is 15.4 Å². The van der Waals surface area contributed by atoms with E-state index in [2.05, 4.69) is 25.5 Å². The van der Waals surface area contributed by atoms with Gasteiger partial charge in [-0.1, -0.05) is 12.1 Å². The Labute approximate surface area is 203 Å². The SMILES string of the molecule is O=C(CN1CCCC1)Nc1ccc2ncnc(Nc3ccc(OCc4cccc(F)c4)cc3)c2c1. The van der Waals surface area contributed by atoms with Crippen molar-refractivity contribution in [1.29, 1.82) is 0 Å². The summed E-state index contributed by atoms with van der Waals surface area (Å²) in [5.41, 5.74) is 3.07. The molecule has 1 saturated heterocycles. The van der Waals surface area contributed by atoms with Gasteiger partial charge in [-0.3, -0.25) is 9.69 Å². The van der Waals surface area contributed by atoms with E-state index in [0.29, 0.717) is 23.8 Å². The average Bonchev–Trinajstić information content (AvgIpc) is 3.37. The highest BCUT2D eigenvalue weighted by Crippen LogP contribution is 2.27. The van der Waals surface area contributed by atoms with Gasteiger partial charge in [0, 0.05) is 16.8 Å². The molecule has 1 fully saturated rings. The van der Waals surface area contributed by atoms with Crippen LogP contribution in [0.15, 0.2) is 73.1 Å². The molecule has 0 spiro atoms. The maximum atomic E-state index is 13.3. The summed E-state index contributed by atoms with van der Waals surface area (Å²) in [7, 11) is 0. The van der Waals surface area contributed by atoms with Crippen LogP contribution in [0.5, 0.6) is 5.75 Å². The number of fused-ring (bicyclic) bond motifs is 1. The van der Waals surface area contributed by atoms with Crippen molar-refractivity contribution in [2.24, 2.45) is 0 Å². The molecule has 7 nitrogen and oxygen atoms in total. The summed E-state index contributed by atoms with van der Waals surface area (Å²) in [6.45, 7) is 2.64. The van der Waals surface area contributed by atoms with Crippen LogP contribution in [-0.4, -0.2) is 40.4 Å². The quantitative estimate of drug-likeness (QED) is 0.371. The van der Waals surface area contributed by atoms with Gasteiger partial charge >= 0.3 is 0 Å². The van der Waals surface area contributed by atoms with Crippen LogP contribution in [0.4, 0.5) is 21.6 Å². The number of likely N-dealkylation sites (tertiary alicyclic amines) is 1. The van der Waals surface area contributed by atoms with Crippen LogP contribution in [0, 0.1) is 5.82 Å². The highest BCUT2D eigenvalue weighted by molar-refractivity contribution is 5.97. The van der Waals surface area contributed by atoms with Crippen molar-refractivity contribution in [3.05, 3.63) is 84.4 Å². The van der Waals surface area contributed by atoms with E-state index in [9.17, 15) is 9.18 Å². The second-order valence-corrected chi connectivity index (χ2v) is 8.55. The number of amides is 1. The Kier molecular flexibility index (Phi) is 6.81. The lowest BCUT2D eigenvalue weighted by molar-refractivity contribution is -0.117. The van der Waals surface area contributed by atoms with Gasteiger partial charge < -0.3 is 15.4 Å². The molecule has 2 N–H and O–H groups in total. The van der Waals surface area contributed by atoms with Gasteiger partial charge in [0.1, 0.15) is 30.3 Å². The Morgan fingerprint density at radius 1 is 0.971 bits per heavy atom. The van der Waals surface area contributed by atoms with E-state index in [4.69, 9.17) is 4.74 Å². The molecular weight excluding hydrogens is 445 g/mol. The third kappa shape index (κ3) is 5.91. The Balaban J connectivity index is 1.25. The summed E-state index contributed by atoms with van der Waals surface area (Å²) >= 11 is 0. The summed E-state index contributed by atoms with van der Waals surface area (Å²) in [5, 5.41) is 7.11. The van der Waals surface area contributed by atoms with Crippen molar-refractivity contribution in [2.45, 2.75) is 19.4 Å². The third-order valence-electron chi connectivity index (χ3n) is 5.90. The van der Waals surface area contributed by atoms with Crippen molar-refractivity contribution in [2.75, 3.05) is 30.3 Å². The Morgan fingerprint density at radius 2 is 1.77 bits per heavy atom. The normalized spacial score (nSPS) is 13.6. The van der Waals surface area contributed by atoms with Crippen LogP contribution in [0.2, 0.25) is 0 Å². The van der Waals surface area contributed by atoms with Crippen LogP contribution in [-0.2, 0) is 11.4 Å². The number of halogens is 1. The zero-order valence-electron chi connectivity index (χ0n) is 19.2. The van der Waals surface area contributed by atoms with Crippen molar-refractivity contribution < 1.29 is 13.9 Å². The van der Waals surface area contributed by atoms with Crippen LogP contribution >= 0.6 is 0 Å². The summed E-state index contributed by atoms with van der Waals surface area (Å²) in [6, 6.07) is 19.4. The lowest BCUT2D eigenvalue weighted by Crippen LogP contribution is -2.30. The van der Waals surface area contributed by atoms with Crippen molar-refractivity contribution in [1.82, 2.24) is 14.9 Å². The van der Waals surface area contributed by atoms with E-state index in [1.165, 1.54) is 18.5 Å². The average molecular weight is 472 g/mol. The van der Waals surface area contributed by atoms with E-state index >= 15 is 0 Å². The van der Waals surface area contributed by atoms with Gasteiger partial charge in [0.15, 0.2) is 0 Å². The molecule has 1 aromatic heterocycles. The molecule has 0 saturated carbocycles. The molecule has 1 amide bonds. The van der Waals surface area contributed by atoms with E-state index in [1.807, 2.05) is 48.5 Å². The van der Waals surface area contributed by atoms with E-state index in [0.717, 1.165) is 48.1 Å². The maximum absolute atomic E-state index is 13.3. The van der Waals surface area contributed by atoms with Gasteiger partial charge in [-0.15, -0.1) is 0 Å². The standard InChI is InChI=1S/C27H26FN5O2/c28-20-5-3-4-19(14-20)17-35-23-9-6-21(7-10-23)32-27-24-15-22(8-11-25(24)29-18-30-27)31-26(34)16-33-12-1-2-13-33/h3-11,14-15,18H,1-2,12-13,16-17H2,(H,31,34)(H,29,30,32). The minimum Gasteiger partial charge on any atom is -0.489 e. The number of nitrogens with one attached hydrogen (secondary N) is 2. The molecule has 0 unspecified atom stereocenters. The molecule has 4 aromatic rings. The van der Waals surface area contributed by atoms with Gasteiger partial charge in [-0.25, -0.2) is 14.4 Å². The number of carbonyl (C=O) groups excluding carboxylic acids is 1. The van der Waals surface area contributed by atoms with Gasteiger partial charge in [0.25, 0.3) is 0 Å². The number of aromatic nitrogens is 2. The first kappa shape index (κ1) is 22.7. The molecule has 0 radical (unpaired) electrons. The molecule has 2 heterocycles. The number of ether oxygens (including phenoxy) is 1. The van der Waals surface area contributed by atoms with Crippen LogP contribution in [0.1, 0.15) is 18.4 Å². The van der Waals surface area contributed by atoms with Crippen molar-refractivity contribution in [3.8, 4) is 5.75 Å². The number of rotatable bonds is 8. The number of benzene rings is 3. The summed E-state index contributed by atoms with van der Waals surface area (Å²) in [4.78, 5) is 23.4. The third-order valence-corrected chi connectivity index (χ3v) is 5.90. The topological polar surface area (TPSA) is 79.4 Å². The molecule has 1 aliphatic heterocycles. The fourth-order valence-electron chi connectivity index (χ4n) is 4.14. The largest absolute Gasteiger partial charge is 0.489 e. The molecule has 5 rings (SSSR count). The maximum Gasteiger partial charge on any atom is 0.238 e. The number of hydrogen-bond donors (Lipinski definition) is 2. The van der Waals surface area contributed by atoms with E-state index in [1.54, 1.807) is 6.07 Å². The molecule has 178 valence electrons. The molecule has 3 aromatic carbocycles. The second-order valence-electron chi connectivity index (χ2n) is 8.55. The minimum absolute atomic E-state index is 0.0218. The monoisotopic (exact) mass is 471 g/mol. The summed E-state index contributed by atoms with van der Waals surface area (Å²) in [5.74, 6) is 1.01. The number of carbonyl (C=O) groups is 1. The molecular formula is C27H26FN5O2. The van der Waals surface area contributed by atoms with Crippen molar-refractivity contribution >= 4 is 34.0 Å². The zero-order valence-corrected chi connectivity index (χ0v) is 19.2. The lowest BCUT2D eigenvalue weighted by atomic mass is 10.2. The molecule has 0 bridgehead atoms. The fourth-order valence-corrected chi connectivity index (χ4v) is 4.14. The van der Waals surface area contributed by atoms with Gasteiger partial charge in [0.05, 0.1) is 12.1 Å². The zero-order chi connectivity index (χ0) is 24.0. The van der Waals surface area contributed by atoms with Gasteiger partial charge in [-0.05, 0) is 86.1 Å². The number of hydrogen-bond acceptors (Lipinski definition) is 6. The molecule has 1 aliphatic rings. The summed E-state index contributed by atoms with van der Waals surface area (Å²) in [6.07, 6.45) is 3.80. The summed E-state index contributed by atoms with van der Waals surface area (Å²) < 4.78 is 19.1. The Hall–Kier alpha value is -4.04. The number of anilines is 3. The van der Waals surface area contributed by atoms with E-state index < -0.39 is 0 Å². The number of nitrogens with zero attached hydrogens (tertiary/aromatic N) is 3. The molecule has 0 aliphatic carbocycles. The fraction of sp³-hybridized carbons (Fsp3) is 0.222. The molecule has 0 atom stereocenters. The predicted molar refractivity (Wildman–Crippen MR) is 134 cm³/mol. The Morgan fingerprint density at radius 3 is 2.57 bits per heavy atom. The first-order valence-corrected chi connectivity index (χ1v) is 11.6. The van der Waals surface area contributed by atoms with Gasteiger partial charge in [-0.2, -0.15) is 0 Å². The van der Waals surface area contributed by atoms with E-state index in [-0.39, 0.29) is 18.3 Å². The van der Waals surface area contributed by atoms with Crippen LogP contribution in [0.3, 0.4) is 0 Å². The first-order valence-electron chi connectivity index (χ1n) is 11.6. The smallest absolute Gasteiger partial charge is 0.238 e. The Bertz CT molecular complexity index is 1320. The van der Waals surface area contributed by atoms with Crippen LogP contribution in [0.25, 0.3) is 10.9 Å². The molecule has 8 heteroatoms.